The zero-order valence-electron chi connectivity index (χ0n) is 14.2. The maximum absolute atomic E-state index is 5.56. The van der Waals surface area contributed by atoms with Crippen molar-refractivity contribution in [3.8, 4) is 0 Å². The standard InChI is InChI=1S/C18H28N2O2/c1-5-14-13-20(4)18-15(9-8-10-16(14)18)11-19-12-17(21-6-2)22-7-3/h8-10,13,17,19H,5-7,11-12H2,1-4H3. The molecule has 0 fully saturated rings. The topological polar surface area (TPSA) is 35.4 Å². The van der Waals surface area contributed by atoms with Crippen molar-refractivity contribution in [2.24, 2.45) is 7.05 Å². The number of ether oxygens (including phenoxy) is 2. The third-order valence-corrected chi connectivity index (χ3v) is 3.88. The van der Waals surface area contributed by atoms with Crippen molar-refractivity contribution in [1.82, 2.24) is 9.88 Å². The van der Waals surface area contributed by atoms with Gasteiger partial charge in [-0.15, -0.1) is 0 Å². The molecule has 0 bridgehead atoms. The van der Waals surface area contributed by atoms with Crippen LogP contribution in [0.5, 0.6) is 0 Å². The predicted molar refractivity (Wildman–Crippen MR) is 91.0 cm³/mol. The van der Waals surface area contributed by atoms with Crippen LogP contribution in [0.1, 0.15) is 31.9 Å². The summed E-state index contributed by atoms with van der Waals surface area (Å²) in [5.41, 5.74) is 4.03. The van der Waals surface area contributed by atoms with Gasteiger partial charge in [0.15, 0.2) is 6.29 Å². The minimum absolute atomic E-state index is 0.172. The van der Waals surface area contributed by atoms with Crippen molar-refractivity contribution in [3.05, 3.63) is 35.5 Å². The lowest BCUT2D eigenvalue weighted by molar-refractivity contribution is -0.133. The molecule has 122 valence electrons. The molecular weight excluding hydrogens is 276 g/mol. The SMILES string of the molecule is CCOC(CNCc1cccc2c(CC)cn(C)c12)OCC. The quantitative estimate of drug-likeness (QED) is 0.722. The lowest BCUT2D eigenvalue weighted by Crippen LogP contribution is -2.31. The number of fused-ring (bicyclic) bond motifs is 1. The van der Waals surface area contributed by atoms with Crippen LogP contribution >= 0.6 is 0 Å². The predicted octanol–water partition coefficient (Wildman–Crippen LogP) is 3.23. The number of benzene rings is 1. The molecule has 1 heterocycles. The number of para-hydroxylation sites is 1. The Morgan fingerprint density at radius 2 is 1.82 bits per heavy atom. The molecule has 0 atom stereocenters. The molecule has 22 heavy (non-hydrogen) atoms. The number of nitrogens with one attached hydrogen (secondary N) is 1. The number of aromatic nitrogens is 1. The van der Waals surface area contributed by atoms with E-state index in [0.717, 1.165) is 13.0 Å². The number of nitrogens with zero attached hydrogens (tertiary/aromatic N) is 1. The van der Waals surface area contributed by atoms with Gasteiger partial charge in [0.1, 0.15) is 0 Å². The van der Waals surface area contributed by atoms with Gasteiger partial charge in [0.05, 0.1) is 5.52 Å². The Morgan fingerprint density at radius 1 is 1.09 bits per heavy atom. The molecule has 4 heteroatoms. The van der Waals surface area contributed by atoms with Crippen LogP contribution in [-0.4, -0.2) is 30.6 Å². The van der Waals surface area contributed by atoms with Gasteiger partial charge in [0, 0.05) is 44.9 Å². The molecule has 2 rings (SSSR count). The van der Waals surface area contributed by atoms with E-state index in [1.165, 1.54) is 22.0 Å². The smallest absolute Gasteiger partial charge is 0.169 e. The number of aryl methyl sites for hydroxylation is 2. The Labute approximate surface area is 133 Å². The van der Waals surface area contributed by atoms with E-state index in [2.05, 4.69) is 48.3 Å². The van der Waals surface area contributed by atoms with E-state index in [0.29, 0.717) is 19.8 Å². The van der Waals surface area contributed by atoms with Crippen molar-refractivity contribution in [2.45, 2.75) is 40.0 Å². The maximum atomic E-state index is 5.56. The van der Waals surface area contributed by atoms with Crippen molar-refractivity contribution in [2.75, 3.05) is 19.8 Å². The number of hydrogen-bond donors (Lipinski definition) is 1. The Balaban J connectivity index is 2.07. The van der Waals surface area contributed by atoms with Crippen LogP contribution < -0.4 is 5.32 Å². The second kappa shape index (κ2) is 8.32. The van der Waals surface area contributed by atoms with Gasteiger partial charge in [0.25, 0.3) is 0 Å². The fourth-order valence-electron chi connectivity index (χ4n) is 2.92. The average molecular weight is 304 g/mol. The molecule has 1 aromatic carbocycles. The molecule has 0 aliphatic carbocycles. The van der Waals surface area contributed by atoms with Crippen molar-refractivity contribution in [3.63, 3.8) is 0 Å². The highest BCUT2D eigenvalue weighted by molar-refractivity contribution is 5.86. The van der Waals surface area contributed by atoms with Crippen LogP contribution in [0.2, 0.25) is 0 Å². The molecule has 1 N–H and O–H groups in total. The Hall–Kier alpha value is -1.36. The Bertz CT molecular complexity index is 586. The van der Waals surface area contributed by atoms with Gasteiger partial charge in [-0.3, -0.25) is 0 Å². The molecule has 4 nitrogen and oxygen atoms in total. The second-order valence-corrected chi connectivity index (χ2v) is 5.40. The second-order valence-electron chi connectivity index (χ2n) is 5.40. The van der Waals surface area contributed by atoms with E-state index < -0.39 is 0 Å². The molecule has 0 saturated carbocycles. The molecule has 2 aromatic rings. The highest BCUT2D eigenvalue weighted by Gasteiger charge is 2.11. The Morgan fingerprint density at radius 3 is 2.45 bits per heavy atom. The first-order chi connectivity index (χ1) is 10.7. The molecule has 1 aromatic heterocycles. The summed E-state index contributed by atoms with van der Waals surface area (Å²) >= 11 is 0. The van der Waals surface area contributed by atoms with Gasteiger partial charge in [-0.1, -0.05) is 25.1 Å². The van der Waals surface area contributed by atoms with Crippen LogP contribution in [-0.2, 0) is 29.5 Å². The molecule has 0 unspecified atom stereocenters. The van der Waals surface area contributed by atoms with E-state index in [1.807, 2.05) is 13.8 Å². The van der Waals surface area contributed by atoms with Crippen LogP contribution in [0, 0.1) is 0 Å². The molecule has 0 aliphatic rings. The van der Waals surface area contributed by atoms with Crippen molar-refractivity contribution < 1.29 is 9.47 Å². The fourth-order valence-corrected chi connectivity index (χ4v) is 2.92. The third-order valence-electron chi connectivity index (χ3n) is 3.88. The summed E-state index contributed by atoms with van der Waals surface area (Å²) in [7, 11) is 2.12. The molecule has 0 radical (unpaired) electrons. The van der Waals surface area contributed by atoms with E-state index in [9.17, 15) is 0 Å². The molecular formula is C18H28N2O2. The van der Waals surface area contributed by atoms with E-state index in [-0.39, 0.29) is 6.29 Å². The zero-order valence-corrected chi connectivity index (χ0v) is 14.2. The first kappa shape index (κ1) is 17.0. The molecule has 0 aliphatic heterocycles. The lowest BCUT2D eigenvalue weighted by Gasteiger charge is -2.17. The number of rotatable bonds is 9. The summed E-state index contributed by atoms with van der Waals surface area (Å²) in [5.74, 6) is 0. The van der Waals surface area contributed by atoms with E-state index in [1.54, 1.807) is 0 Å². The molecule has 0 spiro atoms. The Kier molecular flexibility index (Phi) is 6.43. The molecule has 0 amide bonds. The summed E-state index contributed by atoms with van der Waals surface area (Å²) in [6, 6.07) is 6.53. The summed E-state index contributed by atoms with van der Waals surface area (Å²) in [6.07, 6.45) is 3.12. The highest BCUT2D eigenvalue weighted by Crippen LogP contribution is 2.24. The zero-order chi connectivity index (χ0) is 15.9. The first-order valence-corrected chi connectivity index (χ1v) is 8.20. The summed E-state index contributed by atoms with van der Waals surface area (Å²) < 4.78 is 13.4. The summed E-state index contributed by atoms with van der Waals surface area (Å²) in [4.78, 5) is 0. The van der Waals surface area contributed by atoms with Gasteiger partial charge in [0.2, 0.25) is 0 Å². The monoisotopic (exact) mass is 304 g/mol. The van der Waals surface area contributed by atoms with Gasteiger partial charge in [-0.05, 0) is 31.4 Å². The van der Waals surface area contributed by atoms with Crippen molar-refractivity contribution in [1.29, 1.82) is 0 Å². The van der Waals surface area contributed by atoms with Crippen LogP contribution in [0.25, 0.3) is 10.9 Å². The first-order valence-electron chi connectivity index (χ1n) is 8.20. The minimum atomic E-state index is -0.172. The largest absolute Gasteiger partial charge is 0.352 e. The maximum Gasteiger partial charge on any atom is 0.169 e. The third kappa shape index (κ3) is 3.88. The van der Waals surface area contributed by atoms with Crippen LogP contribution in [0.4, 0.5) is 0 Å². The molecule has 0 saturated heterocycles. The van der Waals surface area contributed by atoms with Gasteiger partial charge < -0.3 is 19.4 Å². The highest BCUT2D eigenvalue weighted by atomic mass is 16.7. The summed E-state index contributed by atoms with van der Waals surface area (Å²) in [5, 5.41) is 4.81. The normalized spacial score (nSPS) is 11.7. The minimum Gasteiger partial charge on any atom is -0.352 e. The number of hydrogen-bond acceptors (Lipinski definition) is 3. The lowest BCUT2D eigenvalue weighted by atomic mass is 10.1. The van der Waals surface area contributed by atoms with Gasteiger partial charge >= 0.3 is 0 Å². The average Bonchev–Trinajstić information content (AvgIpc) is 2.85. The van der Waals surface area contributed by atoms with Crippen LogP contribution in [0.3, 0.4) is 0 Å². The van der Waals surface area contributed by atoms with E-state index >= 15 is 0 Å². The van der Waals surface area contributed by atoms with Crippen molar-refractivity contribution >= 4 is 10.9 Å². The fraction of sp³-hybridized carbons (Fsp3) is 0.556. The van der Waals surface area contributed by atoms with E-state index in [4.69, 9.17) is 9.47 Å². The summed E-state index contributed by atoms with van der Waals surface area (Å²) in [6.45, 7) is 9.03. The van der Waals surface area contributed by atoms with Gasteiger partial charge in [-0.25, -0.2) is 0 Å². The van der Waals surface area contributed by atoms with Gasteiger partial charge in [-0.2, -0.15) is 0 Å². The van der Waals surface area contributed by atoms with Crippen LogP contribution in [0.15, 0.2) is 24.4 Å².